The third kappa shape index (κ3) is 3.13. The van der Waals surface area contributed by atoms with Gasteiger partial charge in [0, 0.05) is 10.0 Å². The van der Waals surface area contributed by atoms with E-state index in [0.717, 1.165) is 4.47 Å². The van der Waals surface area contributed by atoms with Gasteiger partial charge in [0.25, 0.3) is 0 Å². The predicted octanol–water partition coefficient (Wildman–Crippen LogP) is 0.980. The van der Waals surface area contributed by atoms with Crippen LogP contribution in [-0.2, 0) is 0 Å². The quantitative estimate of drug-likeness (QED) is 0.378. The van der Waals surface area contributed by atoms with E-state index in [9.17, 15) is 5.11 Å². The topological polar surface area (TPSA) is 104 Å². The first-order valence-electron chi connectivity index (χ1n) is 4.24. The molecule has 0 aliphatic rings. The number of phenolic OH excluding ortho intramolecular Hbond substituents is 1. The summed E-state index contributed by atoms with van der Waals surface area (Å²) in [5.41, 5.74) is 7.73. The van der Waals surface area contributed by atoms with Crippen LogP contribution in [0, 0.1) is 5.41 Å². The summed E-state index contributed by atoms with van der Waals surface area (Å²) in [5, 5.41) is 20.3. The van der Waals surface area contributed by atoms with E-state index in [-0.39, 0.29) is 11.7 Å². The molecule has 0 amide bonds. The van der Waals surface area contributed by atoms with E-state index in [4.69, 9.17) is 15.9 Å². The van der Waals surface area contributed by atoms with Crippen molar-refractivity contribution in [2.45, 2.75) is 0 Å². The van der Waals surface area contributed by atoms with Crippen LogP contribution >= 0.6 is 15.9 Å². The Morgan fingerprint density at radius 3 is 2.94 bits per heavy atom. The number of nitrogens with zero attached hydrogens (tertiary/aromatic N) is 1. The van der Waals surface area contributed by atoms with Crippen molar-refractivity contribution in [3.63, 3.8) is 0 Å². The van der Waals surface area contributed by atoms with Crippen LogP contribution in [0.15, 0.2) is 21.7 Å². The van der Waals surface area contributed by atoms with E-state index in [2.05, 4.69) is 26.5 Å². The van der Waals surface area contributed by atoms with E-state index >= 15 is 0 Å². The number of nitrogens with two attached hydrogens (primary N) is 1. The zero-order chi connectivity index (χ0) is 12.1. The molecule has 0 spiro atoms. The third-order valence-corrected chi connectivity index (χ3v) is 2.14. The van der Waals surface area contributed by atoms with Gasteiger partial charge < -0.3 is 15.6 Å². The number of benzene rings is 1. The summed E-state index contributed by atoms with van der Waals surface area (Å²) in [6, 6.07) is 3.29. The molecule has 1 aromatic rings. The molecular weight excluding hydrogens is 276 g/mol. The van der Waals surface area contributed by atoms with E-state index in [0.29, 0.717) is 11.3 Å². The number of ether oxygens (including phenoxy) is 1. The summed E-state index contributed by atoms with van der Waals surface area (Å²) < 4.78 is 5.71. The molecule has 0 fully saturated rings. The molecule has 1 aromatic carbocycles. The smallest absolute Gasteiger partial charge is 0.206 e. The molecule has 0 unspecified atom stereocenters. The number of aromatic hydroxyl groups is 1. The molecule has 0 aromatic heterocycles. The van der Waals surface area contributed by atoms with Gasteiger partial charge in [-0.3, -0.25) is 5.41 Å². The summed E-state index contributed by atoms with van der Waals surface area (Å²) in [7, 11) is 1.45. The number of hydrazone groups is 1. The van der Waals surface area contributed by atoms with Gasteiger partial charge in [-0.05, 0) is 12.1 Å². The number of guanidine groups is 1. The average Bonchev–Trinajstić information content (AvgIpc) is 2.22. The van der Waals surface area contributed by atoms with Gasteiger partial charge in [0.15, 0.2) is 11.5 Å². The van der Waals surface area contributed by atoms with Crippen LogP contribution in [0.4, 0.5) is 0 Å². The number of hydrogen-bond donors (Lipinski definition) is 4. The van der Waals surface area contributed by atoms with Crippen LogP contribution in [0.3, 0.4) is 0 Å². The predicted molar refractivity (Wildman–Crippen MR) is 65.0 cm³/mol. The zero-order valence-corrected chi connectivity index (χ0v) is 10.1. The number of hydrogen-bond acceptors (Lipinski definition) is 4. The summed E-state index contributed by atoms with van der Waals surface area (Å²) in [5.74, 6) is 0.0242. The lowest BCUT2D eigenvalue weighted by molar-refractivity contribution is 0.373. The fraction of sp³-hybridized carbons (Fsp3) is 0.111. The standard InChI is InChI=1S/C9H11BrN4O2/c1-16-7-3-6(10)2-5(8(7)15)4-13-14-9(11)12/h2-4,15H,1H3,(H4,11,12,14)/b13-4+. The highest BCUT2D eigenvalue weighted by atomic mass is 79.9. The van der Waals surface area contributed by atoms with Crippen LogP contribution in [0.2, 0.25) is 0 Å². The summed E-state index contributed by atoms with van der Waals surface area (Å²) in [6.45, 7) is 0. The third-order valence-electron chi connectivity index (χ3n) is 1.68. The summed E-state index contributed by atoms with van der Waals surface area (Å²) in [4.78, 5) is 0. The minimum absolute atomic E-state index is 0.0280. The van der Waals surface area contributed by atoms with Crippen LogP contribution in [-0.4, -0.2) is 24.4 Å². The minimum atomic E-state index is -0.280. The minimum Gasteiger partial charge on any atom is -0.504 e. The number of nitrogens with one attached hydrogen (secondary N) is 2. The Morgan fingerprint density at radius 2 is 2.38 bits per heavy atom. The molecule has 86 valence electrons. The van der Waals surface area contributed by atoms with Crippen molar-refractivity contribution >= 4 is 28.1 Å². The van der Waals surface area contributed by atoms with Crippen molar-refractivity contribution in [3.05, 3.63) is 22.2 Å². The molecule has 16 heavy (non-hydrogen) atoms. The number of methoxy groups -OCH3 is 1. The maximum absolute atomic E-state index is 9.73. The van der Waals surface area contributed by atoms with Crippen molar-refractivity contribution in [2.24, 2.45) is 10.8 Å². The number of rotatable bonds is 3. The molecule has 1 rings (SSSR count). The van der Waals surface area contributed by atoms with Gasteiger partial charge in [0.05, 0.1) is 13.3 Å². The van der Waals surface area contributed by atoms with Crippen molar-refractivity contribution in [3.8, 4) is 11.5 Å². The van der Waals surface area contributed by atoms with Gasteiger partial charge in [-0.15, -0.1) is 0 Å². The highest BCUT2D eigenvalue weighted by Gasteiger charge is 2.07. The fourth-order valence-corrected chi connectivity index (χ4v) is 1.47. The zero-order valence-electron chi connectivity index (χ0n) is 8.49. The molecule has 6 nitrogen and oxygen atoms in total. The number of halogens is 1. The molecule has 0 saturated carbocycles. The SMILES string of the molecule is COc1cc(Br)cc(/C=N/NC(=N)N)c1O. The second-order valence-corrected chi connectivity index (χ2v) is 3.75. The molecule has 0 bridgehead atoms. The first kappa shape index (κ1) is 12.3. The largest absolute Gasteiger partial charge is 0.504 e. The van der Waals surface area contributed by atoms with Gasteiger partial charge in [-0.2, -0.15) is 5.10 Å². The van der Waals surface area contributed by atoms with Crippen LogP contribution in [0.5, 0.6) is 11.5 Å². The lowest BCUT2D eigenvalue weighted by atomic mass is 10.2. The lowest BCUT2D eigenvalue weighted by Gasteiger charge is -2.06. The Balaban J connectivity index is 2.99. The van der Waals surface area contributed by atoms with Crippen LogP contribution in [0.25, 0.3) is 0 Å². The molecule has 0 radical (unpaired) electrons. The highest BCUT2D eigenvalue weighted by molar-refractivity contribution is 9.10. The molecule has 0 atom stereocenters. The highest BCUT2D eigenvalue weighted by Crippen LogP contribution is 2.32. The van der Waals surface area contributed by atoms with Gasteiger partial charge >= 0.3 is 0 Å². The molecule has 0 aliphatic carbocycles. The molecule has 5 N–H and O–H groups in total. The van der Waals surface area contributed by atoms with E-state index in [1.54, 1.807) is 12.1 Å². The van der Waals surface area contributed by atoms with Gasteiger partial charge in [-0.25, -0.2) is 5.43 Å². The second kappa shape index (κ2) is 5.36. The van der Waals surface area contributed by atoms with Gasteiger partial charge in [0.1, 0.15) is 0 Å². The Kier molecular flexibility index (Phi) is 4.12. The van der Waals surface area contributed by atoms with Crippen molar-refractivity contribution in [1.29, 1.82) is 5.41 Å². The van der Waals surface area contributed by atoms with Crippen molar-refractivity contribution in [2.75, 3.05) is 7.11 Å². The maximum Gasteiger partial charge on any atom is 0.206 e. The Bertz CT molecular complexity index is 434. The molecule has 0 heterocycles. The molecular formula is C9H11BrN4O2. The first-order valence-corrected chi connectivity index (χ1v) is 5.03. The van der Waals surface area contributed by atoms with Gasteiger partial charge in [-0.1, -0.05) is 15.9 Å². The number of phenols is 1. The van der Waals surface area contributed by atoms with Crippen LogP contribution < -0.4 is 15.9 Å². The van der Waals surface area contributed by atoms with E-state index in [1.807, 2.05) is 0 Å². The molecule has 0 aliphatic heterocycles. The molecule has 7 heteroatoms. The lowest BCUT2D eigenvalue weighted by Crippen LogP contribution is -2.25. The molecule has 0 saturated heterocycles. The Morgan fingerprint density at radius 1 is 1.69 bits per heavy atom. The summed E-state index contributed by atoms with van der Waals surface area (Å²) in [6.07, 6.45) is 1.34. The first-order chi connectivity index (χ1) is 7.54. The monoisotopic (exact) mass is 286 g/mol. The van der Waals surface area contributed by atoms with Crippen molar-refractivity contribution in [1.82, 2.24) is 5.43 Å². The fourth-order valence-electron chi connectivity index (χ4n) is 1.02. The summed E-state index contributed by atoms with van der Waals surface area (Å²) >= 11 is 3.27. The van der Waals surface area contributed by atoms with Crippen molar-refractivity contribution < 1.29 is 9.84 Å². The normalized spacial score (nSPS) is 10.4. The van der Waals surface area contributed by atoms with E-state index < -0.39 is 0 Å². The Labute approximate surface area is 101 Å². The Hall–Kier alpha value is -1.76. The van der Waals surface area contributed by atoms with Gasteiger partial charge in [0.2, 0.25) is 5.96 Å². The average molecular weight is 287 g/mol. The van der Waals surface area contributed by atoms with E-state index in [1.165, 1.54) is 13.3 Å². The van der Waals surface area contributed by atoms with Crippen LogP contribution in [0.1, 0.15) is 5.56 Å². The maximum atomic E-state index is 9.73. The second-order valence-electron chi connectivity index (χ2n) is 2.83.